The minimum absolute atomic E-state index is 0.387. The van der Waals surface area contributed by atoms with E-state index in [-0.39, 0.29) is 0 Å². The van der Waals surface area contributed by atoms with Gasteiger partial charge in [-0.1, -0.05) is 68.9 Å². The fraction of sp³-hybridized carbons (Fsp3) is 0.0455. The first kappa shape index (κ1) is 20.8. The van der Waals surface area contributed by atoms with Crippen LogP contribution in [0.4, 0.5) is 0 Å². The summed E-state index contributed by atoms with van der Waals surface area (Å²) in [5.41, 5.74) is 2.69. The van der Waals surface area contributed by atoms with Crippen LogP contribution in [-0.2, 0) is 6.61 Å². The molecule has 0 fully saturated rings. The van der Waals surface area contributed by atoms with E-state index in [2.05, 4.69) is 22.0 Å². The lowest BCUT2D eigenvalue weighted by molar-refractivity contribution is 0.305. The van der Waals surface area contributed by atoms with Crippen molar-refractivity contribution in [2.45, 2.75) is 6.61 Å². The molecule has 0 unspecified atom stereocenters. The summed E-state index contributed by atoms with van der Waals surface area (Å²) in [7, 11) is 0. The smallest absolute Gasteiger partial charge is 0.127 e. The van der Waals surface area contributed by atoms with Crippen LogP contribution in [0.1, 0.15) is 16.7 Å². The molecule has 0 radical (unpaired) electrons. The molecule has 0 saturated carbocycles. The van der Waals surface area contributed by atoms with E-state index >= 15 is 0 Å². The molecule has 0 aliphatic rings. The molecule has 3 rings (SSSR count). The Morgan fingerprint density at radius 3 is 2.32 bits per heavy atom. The highest BCUT2D eigenvalue weighted by molar-refractivity contribution is 9.10. The second kappa shape index (κ2) is 9.49. The Morgan fingerprint density at radius 1 is 0.964 bits per heavy atom. The predicted molar refractivity (Wildman–Crippen MR) is 120 cm³/mol. The molecule has 0 aromatic heterocycles. The lowest BCUT2D eigenvalue weighted by Gasteiger charge is -2.11. The van der Waals surface area contributed by atoms with Gasteiger partial charge in [-0.3, -0.25) is 0 Å². The maximum absolute atomic E-state index is 9.64. The first-order valence-electron chi connectivity index (χ1n) is 8.20. The maximum atomic E-state index is 9.64. The molecule has 3 aromatic carbocycles. The van der Waals surface area contributed by atoms with E-state index in [1.165, 1.54) is 0 Å². The van der Waals surface area contributed by atoms with Gasteiger partial charge in [0.25, 0.3) is 0 Å². The van der Waals surface area contributed by atoms with Gasteiger partial charge in [0, 0.05) is 25.6 Å². The van der Waals surface area contributed by atoms with Gasteiger partial charge in [0.1, 0.15) is 12.4 Å². The normalized spacial score (nSPS) is 11.2. The van der Waals surface area contributed by atoms with Crippen molar-refractivity contribution < 1.29 is 4.74 Å². The van der Waals surface area contributed by atoms with Crippen molar-refractivity contribution in [1.29, 1.82) is 5.26 Å². The highest BCUT2D eigenvalue weighted by Crippen LogP contribution is 2.32. The Balaban J connectivity index is 1.93. The van der Waals surface area contributed by atoms with Crippen LogP contribution in [0.5, 0.6) is 5.75 Å². The van der Waals surface area contributed by atoms with Crippen LogP contribution in [0.3, 0.4) is 0 Å². The molecule has 0 N–H and O–H groups in total. The van der Waals surface area contributed by atoms with Crippen molar-refractivity contribution in [1.82, 2.24) is 0 Å². The first-order chi connectivity index (χ1) is 13.5. The van der Waals surface area contributed by atoms with Crippen molar-refractivity contribution in [3.05, 3.63) is 96.9 Å². The monoisotopic (exact) mass is 491 g/mol. The number of nitriles is 1. The summed E-state index contributed by atoms with van der Waals surface area (Å²) in [4.78, 5) is 0. The second-order valence-electron chi connectivity index (χ2n) is 5.89. The molecule has 0 spiro atoms. The number of rotatable bonds is 5. The zero-order chi connectivity index (χ0) is 20.1. The zero-order valence-corrected chi connectivity index (χ0v) is 18.3. The molecule has 6 heteroatoms. The number of nitrogens with zero attached hydrogens (tertiary/aromatic N) is 1. The minimum Gasteiger partial charge on any atom is -0.488 e. The van der Waals surface area contributed by atoms with Crippen molar-refractivity contribution in [2.24, 2.45) is 0 Å². The third kappa shape index (κ3) is 5.31. The van der Waals surface area contributed by atoms with Crippen molar-refractivity contribution >= 4 is 62.4 Å². The lowest BCUT2D eigenvalue weighted by Crippen LogP contribution is -1.97. The van der Waals surface area contributed by atoms with Crippen molar-refractivity contribution in [3.8, 4) is 11.8 Å². The highest BCUT2D eigenvalue weighted by Gasteiger charge is 2.10. The van der Waals surface area contributed by atoms with Crippen LogP contribution in [-0.4, -0.2) is 0 Å². The Morgan fingerprint density at radius 2 is 1.64 bits per heavy atom. The largest absolute Gasteiger partial charge is 0.488 e. The lowest BCUT2D eigenvalue weighted by atomic mass is 10.0. The fourth-order valence-electron chi connectivity index (χ4n) is 2.54. The van der Waals surface area contributed by atoms with Gasteiger partial charge in [-0.05, 0) is 54.1 Å². The Hall–Kier alpha value is -1.96. The SMILES string of the molecule is N#C/C(=C\c1cc(Cl)ccc1OCc1ccc(Br)cc1)c1ccc(Cl)cc1Cl. The molecular formula is C22H13BrCl3NO. The van der Waals surface area contributed by atoms with E-state index in [0.29, 0.717) is 44.1 Å². The summed E-state index contributed by atoms with van der Waals surface area (Å²) >= 11 is 21.8. The average molecular weight is 494 g/mol. The molecule has 2 nitrogen and oxygen atoms in total. The minimum atomic E-state index is 0.387. The molecular weight excluding hydrogens is 481 g/mol. The van der Waals surface area contributed by atoms with Gasteiger partial charge < -0.3 is 4.74 Å². The van der Waals surface area contributed by atoms with Crippen molar-refractivity contribution in [3.63, 3.8) is 0 Å². The number of halogens is 4. The molecule has 0 aliphatic carbocycles. The van der Waals surface area contributed by atoms with E-state index in [0.717, 1.165) is 10.0 Å². The Bertz CT molecular complexity index is 1070. The molecule has 0 aliphatic heterocycles. The molecule has 140 valence electrons. The van der Waals surface area contributed by atoms with Gasteiger partial charge in [0.15, 0.2) is 0 Å². The van der Waals surface area contributed by atoms with Gasteiger partial charge in [0.05, 0.1) is 16.7 Å². The predicted octanol–water partition coefficient (Wildman–Crippen LogP) is 8.05. The van der Waals surface area contributed by atoms with Crippen LogP contribution in [0.2, 0.25) is 15.1 Å². The summed E-state index contributed by atoms with van der Waals surface area (Å²) < 4.78 is 6.97. The molecule has 0 bridgehead atoms. The molecule has 0 saturated heterocycles. The number of hydrogen-bond donors (Lipinski definition) is 0. The van der Waals surface area contributed by atoms with E-state index in [1.54, 1.807) is 42.5 Å². The van der Waals surface area contributed by atoms with E-state index in [9.17, 15) is 5.26 Å². The summed E-state index contributed by atoms with van der Waals surface area (Å²) in [5.74, 6) is 0.616. The molecule has 0 heterocycles. The first-order valence-corrected chi connectivity index (χ1v) is 10.1. The van der Waals surface area contributed by atoms with Gasteiger partial charge in [-0.15, -0.1) is 0 Å². The summed E-state index contributed by atoms with van der Waals surface area (Å²) in [6.07, 6.45) is 1.71. The van der Waals surface area contributed by atoms with Crippen LogP contribution < -0.4 is 4.74 Å². The zero-order valence-electron chi connectivity index (χ0n) is 14.4. The number of hydrogen-bond acceptors (Lipinski definition) is 2. The number of benzene rings is 3. The van der Waals surface area contributed by atoms with Crippen LogP contribution in [0, 0.1) is 11.3 Å². The molecule has 28 heavy (non-hydrogen) atoms. The standard InChI is InChI=1S/C22H13BrCl3NO/c23-17-3-1-14(2-4-17)13-28-22-8-6-18(24)10-15(22)9-16(12-27)20-7-5-19(25)11-21(20)26/h1-11H,13H2/b16-9+. The molecule has 0 amide bonds. The van der Waals surface area contributed by atoms with Crippen LogP contribution in [0.15, 0.2) is 65.1 Å². The third-order valence-corrected chi connectivity index (χ3v) is 5.23. The van der Waals surface area contributed by atoms with Crippen LogP contribution in [0.25, 0.3) is 11.6 Å². The van der Waals surface area contributed by atoms with E-state index < -0.39 is 0 Å². The van der Waals surface area contributed by atoms with Crippen LogP contribution >= 0.6 is 50.7 Å². The van der Waals surface area contributed by atoms with Gasteiger partial charge >= 0.3 is 0 Å². The van der Waals surface area contributed by atoms with Crippen molar-refractivity contribution in [2.75, 3.05) is 0 Å². The highest BCUT2D eigenvalue weighted by atomic mass is 79.9. The second-order valence-corrected chi connectivity index (χ2v) is 8.09. The van der Waals surface area contributed by atoms with E-state index in [1.807, 2.05) is 24.3 Å². The Labute approximate surface area is 187 Å². The quantitative estimate of drug-likeness (QED) is 0.266. The Kier molecular flexibility index (Phi) is 7.04. The fourth-order valence-corrected chi connectivity index (χ4v) is 3.49. The molecule has 3 aromatic rings. The topological polar surface area (TPSA) is 33.0 Å². The van der Waals surface area contributed by atoms with Gasteiger partial charge in [0.2, 0.25) is 0 Å². The number of allylic oxidation sites excluding steroid dienone is 1. The number of ether oxygens (including phenoxy) is 1. The third-order valence-electron chi connectivity index (χ3n) is 3.92. The van der Waals surface area contributed by atoms with Gasteiger partial charge in [-0.2, -0.15) is 5.26 Å². The average Bonchev–Trinajstić information content (AvgIpc) is 2.67. The summed E-state index contributed by atoms with van der Waals surface area (Å²) in [5, 5.41) is 11.1. The van der Waals surface area contributed by atoms with Gasteiger partial charge in [-0.25, -0.2) is 0 Å². The maximum Gasteiger partial charge on any atom is 0.127 e. The summed E-state index contributed by atoms with van der Waals surface area (Å²) in [6, 6.07) is 20.3. The summed E-state index contributed by atoms with van der Waals surface area (Å²) in [6.45, 7) is 0.388. The van der Waals surface area contributed by atoms with E-state index in [4.69, 9.17) is 39.5 Å². The molecule has 0 atom stereocenters.